The molecule has 1 aliphatic heterocycles. The number of carbonyl (C=O) groups excluding carboxylic acids is 1. The lowest BCUT2D eigenvalue weighted by Gasteiger charge is -2.23. The SMILES string of the molecule is Cc1cccc(C)c1OC(C)C(=O)N1CCc2ccccc21. The van der Waals surface area contributed by atoms with E-state index in [0.29, 0.717) is 0 Å². The summed E-state index contributed by atoms with van der Waals surface area (Å²) in [6.07, 6.45) is 0.420. The maximum atomic E-state index is 12.7. The predicted octanol–water partition coefficient (Wildman–Crippen LogP) is 3.66. The van der Waals surface area contributed by atoms with Gasteiger partial charge in [-0.05, 0) is 49.9 Å². The lowest BCUT2D eigenvalue weighted by Crippen LogP contribution is -2.39. The number of amides is 1. The molecular formula is C19H21NO2. The van der Waals surface area contributed by atoms with E-state index in [2.05, 4.69) is 6.07 Å². The molecule has 1 atom stereocenters. The molecule has 2 aromatic rings. The zero-order valence-corrected chi connectivity index (χ0v) is 13.3. The normalized spacial score (nSPS) is 14.6. The fourth-order valence-corrected chi connectivity index (χ4v) is 3.00. The minimum Gasteiger partial charge on any atom is -0.480 e. The molecule has 0 spiro atoms. The summed E-state index contributed by atoms with van der Waals surface area (Å²) in [4.78, 5) is 14.6. The van der Waals surface area contributed by atoms with Crippen molar-refractivity contribution in [2.75, 3.05) is 11.4 Å². The molecule has 0 aromatic heterocycles. The number of rotatable bonds is 3. The molecular weight excluding hydrogens is 274 g/mol. The minimum atomic E-state index is -0.494. The van der Waals surface area contributed by atoms with Gasteiger partial charge >= 0.3 is 0 Å². The van der Waals surface area contributed by atoms with E-state index in [1.807, 2.05) is 62.1 Å². The van der Waals surface area contributed by atoms with Crippen molar-refractivity contribution >= 4 is 11.6 Å². The van der Waals surface area contributed by atoms with E-state index in [4.69, 9.17) is 4.74 Å². The second kappa shape index (κ2) is 5.84. The van der Waals surface area contributed by atoms with Gasteiger partial charge in [-0.25, -0.2) is 0 Å². The number of carbonyl (C=O) groups is 1. The van der Waals surface area contributed by atoms with Crippen molar-refractivity contribution in [1.29, 1.82) is 0 Å². The highest BCUT2D eigenvalue weighted by Crippen LogP contribution is 2.29. The standard InChI is InChI=1S/C19H21NO2/c1-13-7-6-8-14(2)18(13)22-15(3)19(21)20-12-11-16-9-4-5-10-17(16)20/h4-10,15H,11-12H2,1-3H3. The Hall–Kier alpha value is -2.29. The number of hydrogen-bond acceptors (Lipinski definition) is 2. The Balaban J connectivity index is 1.79. The zero-order valence-electron chi connectivity index (χ0n) is 13.3. The fourth-order valence-electron chi connectivity index (χ4n) is 3.00. The van der Waals surface area contributed by atoms with Crippen LogP contribution < -0.4 is 9.64 Å². The minimum absolute atomic E-state index is 0.0209. The van der Waals surface area contributed by atoms with Crippen molar-refractivity contribution in [3.63, 3.8) is 0 Å². The summed E-state index contributed by atoms with van der Waals surface area (Å²) in [6, 6.07) is 14.1. The molecule has 0 saturated carbocycles. The average molecular weight is 295 g/mol. The van der Waals surface area contributed by atoms with E-state index in [1.165, 1.54) is 5.56 Å². The van der Waals surface area contributed by atoms with Crippen LogP contribution in [-0.2, 0) is 11.2 Å². The van der Waals surface area contributed by atoms with Crippen LogP contribution >= 0.6 is 0 Å². The van der Waals surface area contributed by atoms with Crippen molar-refractivity contribution in [3.8, 4) is 5.75 Å². The van der Waals surface area contributed by atoms with E-state index in [1.54, 1.807) is 0 Å². The molecule has 0 bridgehead atoms. The molecule has 3 heteroatoms. The maximum Gasteiger partial charge on any atom is 0.267 e. The quantitative estimate of drug-likeness (QED) is 0.865. The number of aryl methyl sites for hydroxylation is 2. The van der Waals surface area contributed by atoms with Gasteiger partial charge in [0, 0.05) is 12.2 Å². The van der Waals surface area contributed by atoms with Crippen molar-refractivity contribution in [1.82, 2.24) is 0 Å². The summed E-state index contributed by atoms with van der Waals surface area (Å²) in [5, 5.41) is 0. The van der Waals surface area contributed by atoms with Crippen molar-refractivity contribution in [3.05, 3.63) is 59.2 Å². The lowest BCUT2D eigenvalue weighted by molar-refractivity contribution is -0.124. The molecule has 1 amide bonds. The van der Waals surface area contributed by atoms with E-state index in [-0.39, 0.29) is 5.91 Å². The molecule has 114 valence electrons. The largest absolute Gasteiger partial charge is 0.480 e. The molecule has 1 unspecified atom stereocenters. The Labute approximate surface area is 131 Å². The summed E-state index contributed by atoms with van der Waals surface area (Å²) in [6.45, 7) is 6.57. The highest BCUT2D eigenvalue weighted by Gasteiger charge is 2.29. The third kappa shape index (κ3) is 2.59. The molecule has 0 saturated heterocycles. The van der Waals surface area contributed by atoms with Crippen molar-refractivity contribution < 1.29 is 9.53 Å². The van der Waals surface area contributed by atoms with Crippen LogP contribution in [0.5, 0.6) is 5.75 Å². The number of nitrogens with zero attached hydrogens (tertiary/aromatic N) is 1. The Morgan fingerprint density at radius 2 is 1.77 bits per heavy atom. The van der Waals surface area contributed by atoms with Crippen molar-refractivity contribution in [2.45, 2.75) is 33.3 Å². The van der Waals surface area contributed by atoms with Crippen LogP contribution in [0.1, 0.15) is 23.6 Å². The van der Waals surface area contributed by atoms with Crippen LogP contribution in [0.25, 0.3) is 0 Å². The van der Waals surface area contributed by atoms with E-state index in [9.17, 15) is 4.79 Å². The van der Waals surface area contributed by atoms with Gasteiger partial charge in [0.1, 0.15) is 5.75 Å². The lowest BCUT2D eigenvalue weighted by atomic mass is 10.1. The first-order chi connectivity index (χ1) is 10.6. The maximum absolute atomic E-state index is 12.7. The summed E-state index contributed by atoms with van der Waals surface area (Å²) in [5.74, 6) is 0.837. The van der Waals surface area contributed by atoms with Gasteiger partial charge < -0.3 is 9.64 Å². The first-order valence-electron chi connectivity index (χ1n) is 7.70. The number of para-hydroxylation sites is 2. The third-order valence-corrected chi connectivity index (χ3v) is 4.20. The van der Waals surface area contributed by atoms with Crippen molar-refractivity contribution in [2.24, 2.45) is 0 Å². The average Bonchev–Trinajstić information content (AvgIpc) is 2.94. The number of hydrogen-bond donors (Lipinski definition) is 0. The van der Waals surface area contributed by atoms with E-state index >= 15 is 0 Å². The molecule has 0 fully saturated rings. The topological polar surface area (TPSA) is 29.5 Å². The zero-order chi connectivity index (χ0) is 15.7. The Morgan fingerprint density at radius 1 is 1.09 bits per heavy atom. The molecule has 0 aliphatic carbocycles. The van der Waals surface area contributed by atoms with Crippen LogP contribution in [0.2, 0.25) is 0 Å². The molecule has 1 aliphatic rings. The van der Waals surface area contributed by atoms with E-state index in [0.717, 1.165) is 35.5 Å². The summed E-state index contributed by atoms with van der Waals surface area (Å²) in [5.41, 5.74) is 4.36. The Bertz CT molecular complexity index is 688. The van der Waals surface area contributed by atoms with Crippen LogP contribution in [0.4, 0.5) is 5.69 Å². The monoisotopic (exact) mass is 295 g/mol. The number of benzene rings is 2. The van der Waals surface area contributed by atoms with Crippen LogP contribution in [0.3, 0.4) is 0 Å². The van der Waals surface area contributed by atoms with Gasteiger partial charge in [-0.3, -0.25) is 4.79 Å². The Kier molecular flexibility index (Phi) is 3.88. The first-order valence-corrected chi connectivity index (χ1v) is 7.70. The molecule has 0 radical (unpaired) electrons. The summed E-state index contributed by atoms with van der Waals surface area (Å²) in [7, 11) is 0. The van der Waals surface area contributed by atoms with Gasteiger partial charge in [0.25, 0.3) is 5.91 Å². The number of fused-ring (bicyclic) bond motifs is 1. The number of anilines is 1. The second-order valence-corrected chi connectivity index (χ2v) is 5.85. The third-order valence-electron chi connectivity index (χ3n) is 4.20. The molecule has 1 heterocycles. The highest BCUT2D eigenvalue weighted by molar-refractivity contribution is 5.98. The molecule has 0 N–H and O–H groups in total. The van der Waals surface area contributed by atoms with Gasteiger partial charge in [-0.15, -0.1) is 0 Å². The molecule has 2 aromatic carbocycles. The van der Waals surface area contributed by atoms with Gasteiger partial charge in [0.05, 0.1) is 0 Å². The Morgan fingerprint density at radius 3 is 2.50 bits per heavy atom. The van der Waals surface area contributed by atoms with Crippen LogP contribution in [0, 0.1) is 13.8 Å². The molecule has 22 heavy (non-hydrogen) atoms. The predicted molar refractivity (Wildman–Crippen MR) is 88.5 cm³/mol. The van der Waals surface area contributed by atoms with Crippen LogP contribution in [0.15, 0.2) is 42.5 Å². The summed E-state index contributed by atoms with van der Waals surface area (Å²) >= 11 is 0. The van der Waals surface area contributed by atoms with Gasteiger partial charge in [-0.2, -0.15) is 0 Å². The van der Waals surface area contributed by atoms with Gasteiger partial charge in [0.2, 0.25) is 0 Å². The van der Waals surface area contributed by atoms with E-state index < -0.39 is 6.10 Å². The number of ether oxygens (including phenoxy) is 1. The smallest absolute Gasteiger partial charge is 0.267 e. The van der Waals surface area contributed by atoms with Gasteiger partial charge in [0.15, 0.2) is 6.10 Å². The highest BCUT2D eigenvalue weighted by atomic mass is 16.5. The fraction of sp³-hybridized carbons (Fsp3) is 0.316. The summed E-state index contributed by atoms with van der Waals surface area (Å²) < 4.78 is 5.97. The molecule has 3 nitrogen and oxygen atoms in total. The molecule has 3 rings (SSSR count). The van der Waals surface area contributed by atoms with Crippen LogP contribution in [-0.4, -0.2) is 18.6 Å². The van der Waals surface area contributed by atoms with Gasteiger partial charge in [-0.1, -0.05) is 36.4 Å². The first kappa shape index (κ1) is 14.6. The second-order valence-electron chi connectivity index (χ2n) is 5.85.